The van der Waals surface area contributed by atoms with Gasteiger partial charge in [0.1, 0.15) is 5.84 Å². The first-order chi connectivity index (χ1) is 5.81. The molecule has 0 spiro atoms. The van der Waals surface area contributed by atoms with Crippen LogP contribution >= 0.6 is 24.8 Å². The molecule has 0 radical (unpaired) electrons. The third-order valence-electron chi connectivity index (χ3n) is 2.89. The van der Waals surface area contributed by atoms with Crippen LogP contribution in [0.2, 0.25) is 0 Å². The first-order valence-electron chi connectivity index (χ1n) is 4.89. The molecule has 14 heavy (non-hydrogen) atoms. The third-order valence-corrected chi connectivity index (χ3v) is 2.89. The van der Waals surface area contributed by atoms with Crippen molar-refractivity contribution in [1.29, 1.82) is 0 Å². The van der Waals surface area contributed by atoms with Gasteiger partial charge in [-0.1, -0.05) is 19.3 Å². The van der Waals surface area contributed by atoms with E-state index in [1.165, 1.54) is 19.3 Å². The maximum atomic E-state index is 6.27. The molecule has 2 aliphatic rings. The van der Waals surface area contributed by atoms with Gasteiger partial charge in [0.2, 0.25) is 0 Å². The summed E-state index contributed by atoms with van der Waals surface area (Å²) in [7, 11) is 0. The van der Waals surface area contributed by atoms with Crippen LogP contribution in [0, 0.1) is 0 Å². The van der Waals surface area contributed by atoms with Gasteiger partial charge in [-0.3, -0.25) is 4.99 Å². The fourth-order valence-corrected chi connectivity index (χ4v) is 2.15. The van der Waals surface area contributed by atoms with E-state index in [0.29, 0.717) is 0 Å². The van der Waals surface area contributed by atoms with E-state index in [1.807, 2.05) is 0 Å². The number of nitrogens with zero attached hydrogens (tertiary/aromatic N) is 1. The van der Waals surface area contributed by atoms with Crippen LogP contribution in [-0.4, -0.2) is 24.5 Å². The Morgan fingerprint density at radius 2 is 1.79 bits per heavy atom. The molecule has 0 unspecified atom stereocenters. The van der Waals surface area contributed by atoms with Crippen molar-refractivity contribution in [1.82, 2.24) is 5.32 Å². The summed E-state index contributed by atoms with van der Waals surface area (Å²) >= 11 is 0. The lowest BCUT2D eigenvalue weighted by atomic mass is 9.81. The summed E-state index contributed by atoms with van der Waals surface area (Å²) in [6, 6.07) is 0. The summed E-state index contributed by atoms with van der Waals surface area (Å²) in [5, 5.41) is 3.29. The van der Waals surface area contributed by atoms with Crippen LogP contribution in [0.1, 0.15) is 32.1 Å². The van der Waals surface area contributed by atoms with Crippen molar-refractivity contribution >= 4 is 30.6 Å². The van der Waals surface area contributed by atoms with E-state index >= 15 is 0 Å². The monoisotopic (exact) mass is 239 g/mol. The first-order valence-corrected chi connectivity index (χ1v) is 4.89. The summed E-state index contributed by atoms with van der Waals surface area (Å²) in [5.74, 6) is 1.07. The molecular formula is C9H19Cl2N3. The number of hydrogen-bond donors (Lipinski definition) is 2. The molecule has 1 aliphatic carbocycles. The van der Waals surface area contributed by atoms with Gasteiger partial charge >= 0.3 is 0 Å². The van der Waals surface area contributed by atoms with E-state index in [4.69, 9.17) is 5.73 Å². The van der Waals surface area contributed by atoms with Crippen molar-refractivity contribution in [3.05, 3.63) is 0 Å². The van der Waals surface area contributed by atoms with Gasteiger partial charge in [-0.2, -0.15) is 0 Å². The summed E-state index contributed by atoms with van der Waals surface area (Å²) < 4.78 is 0. The highest BCUT2D eigenvalue weighted by atomic mass is 35.5. The zero-order chi connectivity index (χ0) is 8.44. The quantitative estimate of drug-likeness (QED) is 0.729. The number of nitrogens with two attached hydrogens (primary N) is 1. The summed E-state index contributed by atoms with van der Waals surface area (Å²) in [4.78, 5) is 4.41. The molecule has 0 aromatic carbocycles. The Kier molecular flexibility index (Phi) is 5.79. The second-order valence-corrected chi connectivity index (χ2v) is 3.87. The van der Waals surface area contributed by atoms with Gasteiger partial charge in [0.05, 0.1) is 12.1 Å². The highest BCUT2D eigenvalue weighted by Crippen LogP contribution is 2.27. The fourth-order valence-electron chi connectivity index (χ4n) is 2.15. The topological polar surface area (TPSA) is 50.4 Å². The largest absolute Gasteiger partial charge is 0.370 e. The number of aliphatic imine (C=N–C) groups is 1. The molecule has 0 aromatic rings. The average Bonchev–Trinajstić information content (AvgIpc) is 2.58. The van der Waals surface area contributed by atoms with Crippen molar-refractivity contribution < 1.29 is 0 Å². The van der Waals surface area contributed by atoms with Crippen LogP contribution in [-0.2, 0) is 0 Å². The molecule has 1 aliphatic heterocycles. The highest BCUT2D eigenvalue weighted by molar-refractivity contribution is 5.92. The third kappa shape index (κ3) is 2.75. The van der Waals surface area contributed by atoms with Crippen LogP contribution in [0.4, 0.5) is 0 Å². The molecule has 3 nitrogen and oxygen atoms in total. The molecule has 1 heterocycles. The van der Waals surface area contributed by atoms with E-state index < -0.39 is 0 Å². The molecule has 0 bridgehead atoms. The molecular weight excluding hydrogens is 221 g/mol. The van der Waals surface area contributed by atoms with Crippen molar-refractivity contribution in [3.8, 4) is 0 Å². The van der Waals surface area contributed by atoms with Gasteiger partial charge in [-0.15, -0.1) is 24.8 Å². The minimum atomic E-state index is -0.102. The second-order valence-electron chi connectivity index (χ2n) is 3.87. The van der Waals surface area contributed by atoms with Gasteiger partial charge < -0.3 is 11.1 Å². The Hall–Kier alpha value is 0.01000. The highest BCUT2D eigenvalue weighted by Gasteiger charge is 2.33. The van der Waals surface area contributed by atoms with Crippen molar-refractivity contribution in [2.24, 2.45) is 10.7 Å². The molecule has 2 rings (SSSR count). The minimum Gasteiger partial charge on any atom is -0.370 e. The Morgan fingerprint density at radius 3 is 2.29 bits per heavy atom. The molecule has 0 saturated heterocycles. The second kappa shape index (κ2) is 5.79. The first kappa shape index (κ1) is 14.0. The van der Waals surface area contributed by atoms with Gasteiger partial charge in [-0.25, -0.2) is 0 Å². The van der Waals surface area contributed by atoms with E-state index in [2.05, 4.69) is 10.3 Å². The Morgan fingerprint density at radius 1 is 1.14 bits per heavy atom. The van der Waals surface area contributed by atoms with Crippen LogP contribution in [0.3, 0.4) is 0 Å². The fraction of sp³-hybridized carbons (Fsp3) is 0.889. The average molecular weight is 240 g/mol. The Labute approximate surface area is 97.7 Å². The van der Waals surface area contributed by atoms with Gasteiger partial charge in [0.15, 0.2) is 0 Å². The number of amidine groups is 1. The standard InChI is InChI=1S/C9H17N3.2ClH/c10-9(4-2-1-3-5-9)8-11-6-7-12-8;;/h1-7,10H2,(H,11,12);2*1H. The zero-order valence-electron chi connectivity index (χ0n) is 8.29. The lowest BCUT2D eigenvalue weighted by molar-refractivity contribution is 0.376. The predicted octanol–water partition coefficient (Wildman–Crippen LogP) is 1.49. The SMILES string of the molecule is Cl.Cl.NC1(C2=NCCN2)CCCCC1. The maximum absolute atomic E-state index is 6.27. The summed E-state index contributed by atoms with van der Waals surface area (Å²) in [6.07, 6.45) is 6.08. The number of nitrogens with one attached hydrogen (secondary N) is 1. The number of rotatable bonds is 1. The molecule has 0 aromatic heterocycles. The number of hydrogen-bond acceptors (Lipinski definition) is 3. The lowest BCUT2D eigenvalue weighted by Crippen LogP contribution is -2.53. The Balaban J connectivity index is 0.000000845. The van der Waals surface area contributed by atoms with Gasteiger partial charge in [-0.05, 0) is 12.8 Å². The zero-order valence-corrected chi connectivity index (χ0v) is 9.92. The number of halogens is 2. The smallest absolute Gasteiger partial charge is 0.117 e. The normalized spacial score (nSPS) is 23.9. The van der Waals surface area contributed by atoms with Crippen molar-refractivity contribution in [2.45, 2.75) is 37.6 Å². The van der Waals surface area contributed by atoms with E-state index in [-0.39, 0.29) is 30.4 Å². The van der Waals surface area contributed by atoms with Crippen LogP contribution in [0.15, 0.2) is 4.99 Å². The minimum absolute atomic E-state index is 0. The summed E-state index contributed by atoms with van der Waals surface area (Å²) in [6.45, 7) is 1.89. The van der Waals surface area contributed by atoms with Crippen LogP contribution in [0.25, 0.3) is 0 Å². The van der Waals surface area contributed by atoms with Gasteiger partial charge in [0, 0.05) is 6.54 Å². The molecule has 0 atom stereocenters. The Bertz CT molecular complexity index is 200. The van der Waals surface area contributed by atoms with E-state index in [9.17, 15) is 0 Å². The molecule has 1 saturated carbocycles. The molecule has 1 fully saturated rings. The van der Waals surface area contributed by atoms with E-state index in [0.717, 1.165) is 31.8 Å². The van der Waals surface area contributed by atoms with E-state index in [1.54, 1.807) is 0 Å². The van der Waals surface area contributed by atoms with Crippen LogP contribution < -0.4 is 11.1 Å². The molecule has 3 N–H and O–H groups in total. The van der Waals surface area contributed by atoms with Crippen LogP contribution in [0.5, 0.6) is 0 Å². The maximum Gasteiger partial charge on any atom is 0.117 e. The lowest BCUT2D eigenvalue weighted by Gasteiger charge is -2.33. The predicted molar refractivity (Wildman–Crippen MR) is 64.8 cm³/mol. The van der Waals surface area contributed by atoms with Crippen molar-refractivity contribution in [2.75, 3.05) is 13.1 Å². The van der Waals surface area contributed by atoms with Crippen molar-refractivity contribution in [3.63, 3.8) is 0 Å². The van der Waals surface area contributed by atoms with Gasteiger partial charge in [0.25, 0.3) is 0 Å². The molecule has 84 valence electrons. The summed E-state index contributed by atoms with van der Waals surface area (Å²) in [5.41, 5.74) is 6.17. The molecule has 5 heteroatoms. The molecule has 0 amide bonds.